The van der Waals surface area contributed by atoms with Crippen molar-refractivity contribution in [2.45, 2.75) is 175 Å². The Balaban J connectivity index is 0.000000367. The SMILES string of the molecule is CCC(CC)C(=O)/C=C(\O)C(CC)CC.[2H]c1nc(-c2[c-]c3ccccc3c([Si](C)(C)C)c2)c2sc([Si](CC3CCCC3)(CC3CCCC3)CC3CCCC3)c(C)c2n1.[Ir]. The van der Waals surface area contributed by atoms with Crippen molar-refractivity contribution in [3.8, 4) is 11.3 Å². The van der Waals surface area contributed by atoms with Gasteiger partial charge in [0.25, 0.3) is 0 Å². The van der Waals surface area contributed by atoms with E-state index in [2.05, 4.69) is 74.3 Å². The molecule has 8 heteroatoms. The predicted octanol–water partition coefficient (Wildman–Crippen LogP) is 14.3. The van der Waals surface area contributed by atoms with Gasteiger partial charge >= 0.3 is 0 Å². The first-order valence-corrected chi connectivity index (χ1v) is 30.4. The van der Waals surface area contributed by atoms with Crippen LogP contribution in [-0.2, 0) is 24.9 Å². The van der Waals surface area contributed by atoms with Gasteiger partial charge in [0.1, 0.15) is 15.7 Å². The normalized spacial score (nSPS) is 17.6. The molecule has 0 amide bonds. The van der Waals surface area contributed by atoms with E-state index in [1.807, 2.05) is 27.7 Å². The molecule has 3 saturated carbocycles. The summed E-state index contributed by atoms with van der Waals surface area (Å²) in [6.07, 6.45) is 22.3. The Labute approximate surface area is 379 Å². The number of aliphatic hydroxyl groups excluding tert-OH is 1. The molecule has 0 atom stereocenters. The van der Waals surface area contributed by atoms with Crippen LogP contribution < -0.4 is 9.69 Å². The van der Waals surface area contributed by atoms with E-state index in [-0.39, 0.29) is 49.8 Å². The number of hydrogen-bond donors (Lipinski definition) is 1. The molecule has 7 rings (SSSR count). The van der Waals surface area contributed by atoms with Crippen LogP contribution in [0.4, 0.5) is 0 Å². The molecule has 0 bridgehead atoms. The molecular weight excluding hydrogens is 953 g/mol. The van der Waals surface area contributed by atoms with Crippen molar-refractivity contribution >= 4 is 63.9 Å². The molecule has 2 heterocycles. The van der Waals surface area contributed by atoms with Gasteiger partial charge in [0.15, 0.2) is 5.78 Å². The molecule has 0 saturated heterocycles. The molecule has 0 spiro atoms. The van der Waals surface area contributed by atoms with Crippen molar-refractivity contribution in [1.29, 1.82) is 0 Å². The second kappa shape index (κ2) is 21.9. The number of aromatic nitrogens is 2. The first-order chi connectivity index (χ1) is 28.3. The van der Waals surface area contributed by atoms with Gasteiger partial charge in [-0.05, 0) is 78.6 Å². The first-order valence-electron chi connectivity index (χ1n) is 24.0. The second-order valence-corrected chi connectivity index (χ2v) is 30.3. The summed E-state index contributed by atoms with van der Waals surface area (Å²) < 4.78 is 11.8. The number of allylic oxidation sites excluding steroid dienone is 2. The van der Waals surface area contributed by atoms with Crippen LogP contribution in [0.1, 0.15) is 137 Å². The van der Waals surface area contributed by atoms with Crippen LogP contribution in [0.2, 0.25) is 37.8 Å². The van der Waals surface area contributed by atoms with Gasteiger partial charge in [0.2, 0.25) is 0 Å². The quantitative estimate of drug-likeness (QED) is 0.0526. The maximum absolute atomic E-state index is 11.7. The Morgan fingerprint density at radius 1 is 0.847 bits per heavy atom. The van der Waals surface area contributed by atoms with Gasteiger partial charge < -0.3 is 5.11 Å². The van der Waals surface area contributed by atoms with Crippen LogP contribution >= 0.6 is 11.3 Å². The maximum atomic E-state index is 11.7. The molecule has 0 unspecified atom stereocenters. The summed E-state index contributed by atoms with van der Waals surface area (Å²) in [7, 11) is -3.48. The van der Waals surface area contributed by atoms with Gasteiger partial charge in [-0.1, -0.05) is 154 Å². The number of fused-ring (bicyclic) bond motifs is 2. The van der Waals surface area contributed by atoms with Crippen molar-refractivity contribution in [2.75, 3.05) is 0 Å². The molecule has 4 aromatic rings. The van der Waals surface area contributed by atoms with Crippen molar-refractivity contribution < 1.29 is 31.4 Å². The molecule has 1 N–H and O–H groups in total. The molecule has 3 fully saturated rings. The summed E-state index contributed by atoms with van der Waals surface area (Å²) in [5.41, 5.74) is 4.49. The van der Waals surface area contributed by atoms with Crippen molar-refractivity contribution in [3.63, 3.8) is 0 Å². The number of aliphatic hydroxyl groups is 1. The van der Waals surface area contributed by atoms with Crippen LogP contribution in [-0.4, -0.2) is 37.0 Å². The van der Waals surface area contributed by atoms with Gasteiger partial charge in [-0.3, -0.25) is 9.78 Å². The fraction of sp³-hybridized carbons (Fsp3) is 0.627. The van der Waals surface area contributed by atoms with Gasteiger partial charge in [-0.15, -0.1) is 40.1 Å². The maximum Gasteiger partial charge on any atom is 0.162 e. The molecular formula is C51H75IrN2O2SSi2-. The molecule has 3 aliphatic rings. The van der Waals surface area contributed by atoms with Gasteiger partial charge in [-0.2, -0.15) is 0 Å². The molecule has 0 aliphatic heterocycles. The summed E-state index contributed by atoms with van der Waals surface area (Å²) in [4.78, 5) is 21.5. The van der Waals surface area contributed by atoms with Gasteiger partial charge in [0.05, 0.1) is 19.3 Å². The molecule has 2 aromatic carbocycles. The van der Waals surface area contributed by atoms with E-state index in [4.69, 9.17) is 11.3 Å². The largest absolute Gasteiger partial charge is 0.512 e. The molecule has 59 heavy (non-hydrogen) atoms. The smallest absolute Gasteiger partial charge is 0.162 e. The van der Waals surface area contributed by atoms with E-state index in [0.717, 1.165) is 60.2 Å². The number of aryl methyl sites for hydroxylation is 1. The van der Waals surface area contributed by atoms with E-state index in [1.54, 1.807) is 4.50 Å². The standard InChI is InChI=1S/C38H51N2SSi2.C13H24O2.Ir/c1-27-35-37(36(40-26-39-35)32-21-31-19-11-12-20-33(31)34(22-32)42(2,3)4)41-38(27)43(23-28-13-5-6-14-28,24-29-15-7-8-16-29)25-30-17-9-10-18-30;1-5-10(6-2)12(14)9-13(15)11(7-3)8-4;/h11-12,19-20,22,26,28-30H,5-10,13-18,23-25H2,1-4H3;9-11,14H,5-8H2,1-4H3;/q-1;;/b;12-9-;/i26D;;. The number of hydrogen-bond acceptors (Lipinski definition) is 5. The Bertz CT molecular complexity index is 2010. The average molecular weight is 1030 g/mol. The molecule has 4 nitrogen and oxygen atoms in total. The number of ketones is 1. The average Bonchev–Trinajstić information content (AvgIpc) is 4.06. The molecule has 3 aliphatic carbocycles. The van der Waals surface area contributed by atoms with Crippen LogP contribution in [0.3, 0.4) is 0 Å². The Morgan fingerprint density at radius 2 is 1.36 bits per heavy atom. The van der Waals surface area contributed by atoms with Crippen molar-refractivity contribution in [2.24, 2.45) is 29.6 Å². The zero-order valence-corrected chi connectivity index (χ0v) is 43.0. The Kier molecular flexibility index (Phi) is 17.3. The van der Waals surface area contributed by atoms with E-state index in [0.29, 0.717) is 0 Å². The first kappa shape index (κ1) is 46.5. The summed E-state index contributed by atoms with van der Waals surface area (Å²) in [5.74, 6) is 3.30. The minimum atomic E-state index is -1.83. The van der Waals surface area contributed by atoms with Gasteiger partial charge in [0, 0.05) is 48.4 Å². The summed E-state index contributed by atoms with van der Waals surface area (Å²) in [6, 6.07) is 19.4. The van der Waals surface area contributed by atoms with Gasteiger partial charge in [-0.25, -0.2) is 4.98 Å². The minimum absolute atomic E-state index is 0. The van der Waals surface area contributed by atoms with E-state index < -0.39 is 16.1 Å². The van der Waals surface area contributed by atoms with Crippen molar-refractivity contribution in [1.82, 2.24) is 9.97 Å². The Hall–Kier alpha value is -1.97. The zero-order valence-electron chi connectivity index (χ0n) is 38.8. The summed E-state index contributed by atoms with van der Waals surface area (Å²) in [6.45, 7) is 17.8. The molecule has 325 valence electrons. The summed E-state index contributed by atoms with van der Waals surface area (Å²) in [5, 5.41) is 13.7. The fourth-order valence-electron chi connectivity index (χ4n) is 11.3. The number of carbonyl (C=O) groups excluding carboxylic acids is 1. The molecule has 1 radical (unpaired) electrons. The van der Waals surface area contributed by atoms with Crippen LogP contribution in [0, 0.1) is 42.6 Å². The predicted molar refractivity (Wildman–Crippen MR) is 256 cm³/mol. The van der Waals surface area contributed by atoms with E-state index in [9.17, 15) is 9.90 Å². The Morgan fingerprint density at radius 3 is 1.85 bits per heavy atom. The fourth-order valence-corrected chi connectivity index (χ4v) is 22.3. The number of thiophene rings is 1. The third-order valence-corrected chi connectivity index (χ3v) is 24.7. The second-order valence-electron chi connectivity index (χ2n) is 19.6. The molecule has 2 aromatic heterocycles. The number of rotatable bonds is 16. The van der Waals surface area contributed by atoms with E-state index >= 15 is 0 Å². The zero-order chi connectivity index (χ0) is 42.3. The van der Waals surface area contributed by atoms with Crippen LogP contribution in [0.15, 0.2) is 48.5 Å². The number of carbonyl (C=O) groups is 1. The van der Waals surface area contributed by atoms with Crippen LogP contribution in [0.25, 0.3) is 32.2 Å². The van der Waals surface area contributed by atoms with E-state index in [1.165, 1.54) is 127 Å². The minimum Gasteiger partial charge on any atom is -0.512 e. The third-order valence-electron chi connectivity index (χ3n) is 14.5. The van der Waals surface area contributed by atoms with Crippen molar-refractivity contribution in [3.05, 3.63) is 60.1 Å². The number of benzene rings is 2. The monoisotopic (exact) mass is 1030 g/mol. The van der Waals surface area contributed by atoms with Crippen LogP contribution in [0.5, 0.6) is 0 Å². The summed E-state index contributed by atoms with van der Waals surface area (Å²) >= 11 is 2.07. The number of nitrogens with zero attached hydrogens (tertiary/aromatic N) is 2. The third kappa shape index (κ3) is 11.5. The topological polar surface area (TPSA) is 63.1 Å².